The van der Waals surface area contributed by atoms with E-state index in [-0.39, 0.29) is 24.5 Å². The Hall–Kier alpha value is -2.37. The third-order valence-corrected chi connectivity index (χ3v) is 3.12. The summed E-state index contributed by atoms with van der Waals surface area (Å²) in [5, 5.41) is 10.7. The molecule has 1 aromatic carbocycles. The van der Waals surface area contributed by atoms with Gasteiger partial charge in [-0.15, -0.1) is 5.10 Å². The molecule has 1 N–H and O–H groups in total. The largest absolute Gasteiger partial charge is 0.484 e. The molecule has 6 nitrogen and oxygen atoms in total. The number of nitrogens with one attached hydrogen (secondary N) is 1. The van der Waals surface area contributed by atoms with Crippen LogP contribution in [0.1, 0.15) is 13.8 Å². The van der Waals surface area contributed by atoms with E-state index in [1.807, 2.05) is 30.3 Å². The normalized spacial score (nSPS) is 12.1. The molecule has 0 aliphatic rings. The van der Waals surface area contributed by atoms with Gasteiger partial charge in [-0.3, -0.25) is 9.48 Å². The van der Waals surface area contributed by atoms with Crippen molar-refractivity contribution in [3.63, 3.8) is 0 Å². The molecule has 0 radical (unpaired) electrons. The second-order valence-corrected chi connectivity index (χ2v) is 5.14. The molecule has 0 aliphatic heterocycles. The summed E-state index contributed by atoms with van der Waals surface area (Å²) in [5.41, 5.74) is 0. The van der Waals surface area contributed by atoms with Crippen molar-refractivity contribution in [1.29, 1.82) is 0 Å². The second kappa shape index (κ2) is 7.42. The summed E-state index contributed by atoms with van der Waals surface area (Å²) in [6.07, 6.45) is 3.40. The smallest absolute Gasteiger partial charge is 0.258 e. The minimum atomic E-state index is -0.141. The van der Waals surface area contributed by atoms with Crippen LogP contribution in [0.2, 0.25) is 0 Å². The number of aromatic nitrogens is 3. The van der Waals surface area contributed by atoms with Crippen molar-refractivity contribution in [2.45, 2.75) is 26.4 Å². The first-order valence-corrected chi connectivity index (χ1v) is 6.96. The molecule has 0 spiro atoms. The van der Waals surface area contributed by atoms with E-state index < -0.39 is 0 Å². The van der Waals surface area contributed by atoms with Gasteiger partial charge in [-0.05, 0) is 18.1 Å². The monoisotopic (exact) mass is 288 g/mol. The van der Waals surface area contributed by atoms with Gasteiger partial charge in [0.05, 0.1) is 18.8 Å². The third-order valence-electron chi connectivity index (χ3n) is 3.12. The van der Waals surface area contributed by atoms with Gasteiger partial charge in [0.25, 0.3) is 5.91 Å². The number of hydrogen-bond acceptors (Lipinski definition) is 4. The molecule has 1 atom stereocenters. The zero-order chi connectivity index (χ0) is 15.1. The average Bonchev–Trinajstić information content (AvgIpc) is 2.98. The molecule has 0 fully saturated rings. The number of carbonyl (C=O) groups is 1. The molecule has 2 aromatic rings. The van der Waals surface area contributed by atoms with Crippen molar-refractivity contribution in [3.05, 3.63) is 42.7 Å². The highest BCUT2D eigenvalue weighted by Crippen LogP contribution is 2.08. The molecule has 1 aromatic heterocycles. The van der Waals surface area contributed by atoms with Gasteiger partial charge in [0, 0.05) is 6.20 Å². The highest BCUT2D eigenvalue weighted by Gasteiger charge is 2.17. The Morgan fingerprint density at radius 1 is 1.33 bits per heavy atom. The molecule has 1 amide bonds. The molecule has 0 aliphatic carbocycles. The predicted octanol–water partition coefficient (Wildman–Crippen LogP) is 1.50. The number of nitrogens with zero attached hydrogens (tertiary/aromatic N) is 3. The van der Waals surface area contributed by atoms with Crippen LogP contribution in [0.5, 0.6) is 5.75 Å². The van der Waals surface area contributed by atoms with Crippen molar-refractivity contribution in [2.24, 2.45) is 5.92 Å². The third kappa shape index (κ3) is 4.91. The highest BCUT2D eigenvalue weighted by atomic mass is 16.5. The fraction of sp³-hybridized carbons (Fsp3) is 0.400. The van der Waals surface area contributed by atoms with E-state index in [2.05, 4.69) is 29.5 Å². The second-order valence-electron chi connectivity index (χ2n) is 5.14. The van der Waals surface area contributed by atoms with E-state index in [1.54, 1.807) is 17.1 Å². The first kappa shape index (κ1) is 15.0. The number of carbonyl (C=O) groups excluding carboxylic acids is 1. The van der Waals surface area contributed by atoms with Crippen LogP contribution in [0.4, 0.5) is 0 Å². The van der Waals surface area contributed by atoms with Crippen molar-refractivity contribution in [2.75, 3.05) is 6.61 Å². The zero-order valence-corrected chi connectivity index (χ0v) is 12.3. The molecular weight excluding hydrogens is 268 g/mol. The Balaban J connectivity index is 1.83. The summed E-state index contributed by atoms with van der Waals surface area (Å²) in [7, 11) is 0. The van der Waals surface area contributed by atoms with Crippen LogP contribution in [0.25, 0.3) is 0 Å². The lowest BCUT2D eigenvalue weighted by atomic mass is 10.0. The molecular formula is C15H20N4O2. The van der Waals surface area contributed by atoms with Gasteiger partial charge in [0.1, 0.15) is 5.75 Å². The molecule has 112 valence electrons. The lowest BCUT2D eigenvalue weighted by Crippen LogP contribution is -2.43. The molecule has 0 saturated heterocycles. The van der Waals surface area contributed by atoms with Crippen molar-refractivity contribution in [1.82, 2.24) is 20.3 Å². The highest BCUT2D eigenvalue weighted by molar-refractivity contribution is 5.77. The Labute approximate surface area is 124 Å². The number of hydrogen-bond donors (Lipinski definition) is 1. The minimum Gasteiger partial charge on any atom is -0.484 e. The number of para-hydroxylation sites is 1. The Morgan fingerprint density at radius 2 is 2.10 bits per heavy atom. The van der Waals surface area contributed by atoms with Crippen LogP contribution in [0.15, 0.2) is 42.7 Å². The van der Waals surface area contributed by atoms with Crippen LogP contribution in [-0.4, -0.2) is 33.5 Å². The standard InChI is InChI=1S/C15H20N4O2/c1-12(2)14(10-19-9-8-16-18-19)17-15(20)11-21-13-6-4-3-5-7-13/h3-9,12,14H,10-11H2,1-2H3,(H,17,20). The van der Waals surface area contributed by atoms with Gasteiger partial charge in [-0.1, -0.05) is 37.3 Å². The van der Waals surface area contributed by atoms with E-state index >= 15 is 0 Å². The maximum atomic E-state index is 12.0. The maximum Gasteiger partial charge on any atom is 0.258 e. The minimum absolute atomic E-state index is 0.00455. The lowest BCUT2D eigenvalue weighted by molar-refractivity contribution is -0.124. The quantitative estimate of drug-likeness (QED) is 0.838. The predicted molar refractivity (Wildman–Crippen MR) is 78.7 cm³/mol. The molecule has 1 unspecified atom stereocenters. The van der Waals surface area contributed by atoms with Crippen LogP contribution >= 0.6 is 0 Å². The number of amides is 1. The Morgan fingerprint density at radius 3 is 2.71 bits per heavy atom. The first-order chi connectivity index (χ1) is 10.1. The summed E-state index contributed by atoms with van der Waals surface area (Å²) in [6, 6.07) is 9.27. The van der Waals surface area contributed by atoms with Gasteiger partial charge in [-0.2, -0.15) is 0 Å². The molecule has 2 rings (SSSR count). The van der Waals surface area contributed by atoms with Gasteiger partial charge in [0.2, 0.25) is 0 Å². The first-order valence-electron chi connectivity index (χ1n) is 6.96. The van der Waals surface area contributed by atoms with Crippen LogP contribution in [0, 0.1) is 5.92 Å². The summed E-state index contributed by atoms with van der Waals surface area (Å²) < 4.78 is 7.15. The zero-order valence-electron chi connectivity index (χ0n) is 12.3. The van der Waals surface area contributed by atoms with Gasteiger partial charge >= 0.3 is 0 Å². The summed E-state index contributed by atoms with van der Waals surface area (Å²) in [4.78, 5) is 12.0. The van der Waals surface area contributed by atoms with E-state index in [1.165, 1.54) is 0 Å². The van der Waals surface area contributed by atoms with E-state index in [9.17, 15) is 4.79 Å². The van der Waals surface area contributed by atoms with Crippen molar-refractivity contribution in [3.8, 4) is 5.75 Å². The van der Waals surface area contributed by atoms with Gasteiger partial charge in [-0.25, -0.2) is 0 Å². The Kier molecular flexibility index (Phi) is 5.31. The molecule has 6 heteroatoms. The van der Waals surface area contributed by atoms with Gasteiger partial charge in [0.15, 0.2) is 6.61 Å². The van der Waals surface area contributed by atoms with Crippen LogP contribution in [0.3, 0.4) is 0 Å². The number of ether oxygens (including phenoxy) is 1. The van der Waals surface area contributed by atoms with Gasteiger partial charge < -0.3 is 10.1 Å². The summed E-state index contributed by atoms with van der Waals surface area (Å²) in [6.45, 7) is 4.71. The topological polar surface area (TPSA) is 69.0 Å². The van der Waals surface area contributed by atoms with Crippen molar-refractivity contribution >= 4 is 5.91 Å². The average molecular weight is 288 g/mol. The lowest BCUT2D eigenvalue weighted by Gasteiger charge is -2.22. The Bertz CT molecular complexity index is 540. The fourth-order valence-electron chi connectivity index (χ4n) is 1.87. The maximum absolute atomic E-state index is 12.0. The summed E-state index contributed by atoms with van der Waals surface area (Å²) >= 11 is 0. The van der Waals surface area contributed by atoms with Crippen LogP contribution < -0.4 is 10.1 Å². The number of rotatable bonds is 7. The molecule has 21 heavy (non-hydrogen) atoms. The molecule has 0 saturated carbocycles. The van der Waals surface area contributed by atoms with Crippen LogP contribution in [-0.2, 0) is 11.3 Å². The number of benzene rings is 1. The molecule has 0 bridgehead atoms. The van der Waals surface area contributed by atoms with E-state index in [4.69, 9.17) is 4.74 Å². The summed E-state index contributed by atoms with van der Waals surface area (Å²) in [5.74, 6) is 0.831. The molecule has 1 heterocycles. The van der Waals surface area contributed by atoms with E-state index in [0.29, 0.717) is 12.3 Å². The SMILES string of the molecule is CC(C)C(Cn1ccnn1)NC(=O)COc1ccccc1. The van der Waals surface area contributed by atoms with Crippen molar-refractivity contribution < 1.29 is 9.53 Å². The fourth-order valence-corrected chi connectivity index (χ4v) is 1.87. The van der Waals surface area contributed by atoms with E-state index in [0.717, 1.165) is 0 Å².